The first-order valence-corrected chi connectivity index (χ1v) is 5.62. The van der Waals surface area contributed by atoms with Gasteiger partial charge < -0.3 is 14.6 Å². The topological polar surface area (TPSA) is 51.6 Å². The standard InChI is InChI=1S/C12H19NO3/c1-2-3-6-15-7-8-16-12-4-5-13-9-11(12)10-14/h4-5,9,14H,2-3,6-8,10H2,1H3. The van der Waals surface area contributed by atoms with Gasteiger partial charge in [0.25, 0.3) is 0 Å². The summed E-state index contributed by atoms with van der Waals surface area (Å²) in [5.41, 5.74) is 0.705. The molecule has 0 fully saturated rings. The summed E-state index contributed by atoms with van der Waals surface area (Å²) in [5.74, 6) is 0.677. The van der Waals surface area contributed by atoms with Gasteiger partial charge in [0.15, 0.2) is 0 Å². The fourth-order valence-corrected chi connectivity index (χ4v) is 1.23. The second kappa shape index (κ2) is 8.07. The summed E-state index contributed by atoms with van der Waals surface area (Å²) in [6.07, 6.45) is 5.47. The molecule has 1 N–H and O–H groups in total. The molecule has 4 nitrogen and oxygen atoms in total. The normalized spacial score (nSPS) is 10.4. The van der Waals surface area contributed by atoms with Crippen molar-refractivity contribution in [2.24, 2.45) is 0 Å². The predicted octanol–water partition coefficient (Wildman–Crippen LogP) is 1.77. The zero-order valence-electron chi connectivity index (χ0n) is 9.69. The van der Waals surface area contributed by atoms with Gasteiger partial charge in [-0.1, -0.05) is 13.3 Å². The maximum atomic E-state index is 9.04. The van der Waals surface area contributed by atoms with Crippen molar-refractivity contribution in [1.82, 2.24) is 4.98 Å². The van der Waals surface area contributed by atoms with Gasteiger partial charge in [0.05, 0.1) is 13.2 Å². The number of aromatic nitrogens is 1. The summed E-state index contributed by atoms with van der Waals surface area (Å²) in [5, 5.41) is 9.04. The molecule has 4 heteroatoms. The van der Waals surface area contributed by atoms with E-state index in [-0.39, 0.29) is 6.61 Å². The fourth-order valence-electron chi connectivity index (χ4n) is 1.23. The van der Waals surface area contributed by atoms with Gasteiger partial charge in [0, 0.05) is 24.6 Å². The molecule has 0 unspecified atom stereocenters. The number of aliphatic hydroxyl groups is 1. The Hall–Kier alpha value is -1.13. The highest BCUT2D eigenvalue weighted by molar-refractivity contribution is 5.29. The third-order valence-electron chi connectivity index (χ3n) is 2.16. The Labute approximate surface area is 96.2 Å². The van der Waals surface area contributed by atoms with Gasteiger partial charge in [-0.3, -0.25) is 4.98 Å². The molecule has 0 amide bonds. The zero-order chi connectivity index (χ0) is 11.6. The number of rotatable bonds is 8. The van der Waals surface area contributed by atoms with Crippen molar-refractivity contribution in [3.63, 3.8) is 0 Å². The highest BCUT2D eigenvalue weighted by atomic mass is 16.5. The third-order valence-corrected chi connectivity index (χ3v) is 2.16. The van der Waals surface area contributed by atoms with Crippen molar-refractivity contribution < 1.29 is 14.6 Å². The minimum Gasteiger partial charge on any atom is -0.491 e. The summed E-state index contributed by atoms with van der Waals surface area (Å²) in [6.45, 7) is 3.93. The van der Waals surface area contributed by atoms with Gasteiger partial charge in [-0.05, 0) is 12.5 Å². The van der Waals surface area contributed by atoms with Crippen LogP contribution in [0.3, 0.4) is 0 Å². The Bertz CT molecular complexity index is 291. The highest BCUT2D eigenvalue weighted by Gasteiger charge is 2.01. The first-order valence-electron chi connectivity index (χ1n) is 5.62. The monoisotopic (exact) mass is 225 g/mol. The quantitative estimate of drug-likeness (QED) is 0.685. The molecule has 0 aliphatic heterocycles. The van der Waals surface area contributed by atoms with Crippen LogP contribution < -0.4 is 4.74 Å². The Morgan fingerprint density at radius 2 is 2.19 bits per heavy atom. The van der Waals surface area contributed by atoms with Crippen molar-refractivity contribution in [1.29, 1.82) is 0 Å². The van der Waals surface area contributed by atoms with Crippen LogP contribution in [0.15, 0.2) is 18.5 Å². The van der Waals surface area contributed by atoms with E-state index in [2.05, 4.69) is 11.9 Å². The van der Waals surface area contributed by atoms with Gasteiger partial charge in [-0.15, -0.1) is 0 Å². The van der Waals surface area contributed by atoms with E-state index >= 15 is 0 Å². The van der Waals surface area contributed by atoms with E-state index in [1.165, 1.54) is 0 Å². The molecule has 0 aromatic carbocycles. The van der Waals surface area contributed by atoms with Crippen LogP contribution in [0.1, 0.15) is 25.3 Å². The van der Waals surface area contributed by atoms with Crippen LogP contribution in [0.5, 0.6) is 5.75 Å². The van der Waals surface area contributed by atoms with E-state index < -0.39 is 0 Å². The SMILES string of the molecule is CCCCOCCOc1ccncc1CO. The average Bonchev–Trinajstić information content (AvgIpc) is 2.34. The highest BCUT2D eigenvalue weighted by Crippen LogP contribution is 2.15. The molecule has 0 radical (unpaired) electrons. The lowest BCUT2D eigenvalue weighted by atomic mass is 10.3. The Kier molecular flexibility index (Phi) is 6.53. The molecular weight excluding hydrogens is 206 g/mol. The predicted molar refractivity (Wildman–Crippen MR) is 61.4 cm³/mol. The Morgan fingerprint density at radius 3 is 2.94 bits per heavy atom. The van der Waals surface area contributed by atoms with Gasteiger partial charge in [0.1, 0.15) is 12.4 Å². The van der Waals surface area contributed by atoms with Crippen LogP contribution in [0.4, 0.5) is 0 Å². The molecule has 0 saturated heterocycles. The van der Waals surface area contributed by atoms with Crippen LogP contribution in [0, 0.1) is 0 Å². The molecule has 90 valence electrons. The summed E-state index contributed by atoms with van der Waals surface area (Å²) in [6, 6.07) is 1.75. The van der Waals surface area contributed by atoms with Crippen molar-refractivity contribution in [3.05, 3.63) is 24.0 Å². The summed E-state index contributed by atoms with van der Waals surface area (Å²) >= 11 is 0. The van der Waals surface area contributed by atoms with Gasteiger partial charge in [0.2, 0.25) is 0 Å². The molecule has 1 rings (SSSR count). The number of aliphatic hydroxyl groups excluding tert-OH is 1. The molecule has 0 aliphatic rings. The number of hydrogen-bond donors (Lipinski definition) is 1. The van der Waals surface area contributed by atoms with E-state index in [1.807, 2.05) is 0 Å². The molecular formula is C12H19NO3. The number of nitrogens with zero attached hydrogens (tertiary/aromatic N) is 1. The van der Waals surface area contributed by atoms with Crippen LogP contribution >= 0.6 is 0 Å². The second-order valence-corrected chi connectivity index (χ2v) is 3.46. The number of ether oxygens (including phenoxy) is 2. The lowest BCUT2D eigenvalue weighted by Crippen LogP contribution is -2.08. The first kappa shape index (κ1) is 12.9. The lowest BCUT2D eigenvalue weighted by molar-refractivity contribution is 0.0971. The summed E-state index contributed by atoms with van der Waals surface area (Å²) < 4.78 is 10.8. The Morgan fingerprint density at radius 1 is 1.31 bits per heavy atom. The van der Waals surface area contributed by atoms with Crippen LogP contribution in [-0.2, 0) is 11.3 Å². The third kappa shape index (κ3) is 4.59. The maximum Gasteiger partial charge on any atom is 0.128 e. The van der Waals surface area contributed by atoms with E-state index in [0.29, 0.717) is 24.5 Å². The van der Waals surface area contributed by atoms with E-state index in [1.54, 1.807) is 18.5 Å². The van der Waals surface area contributed by atoms with Gasteiger partial charge in [-0.2, -0.15) is 0 Å². The largest absolute Gasteiger partial charge is 0.491 e. The zero-order valence-corrected chi connectivity index (χ0v) is 9.69. The van der Waals surface area contributed by atoms with Crippen molar-refractivity contribution in [3.8, 4) is 5.75 Å². The molecule has 16 heavy (non-hydrogen) atoms. The van der Waals surface area contributed by atoms with Crippen molar-refractivity contribution in [2.45, 2.75) is 26.4 Å². The number of hydrogen-bond acceptors (Lipinski definition) is 4. The molecule has 0 saturated carbocycles. The molecule has 0 aliphatic carbocycles. The van der Waals surface area contributed by atoms with Crippen molar-refractivity contribution >= 4 is 0 Å². The minimum atomic E-state index is -0.0557. The molecule has 1 aromatic rings. The van der Waals surface area contributed by atoms with E-state index in [9.17, 15) is 0 Å². The molecule has 0 atom stereocenters. The van der Waals surface area contributed by atoms with E-state index in [4.69, 9.17) is 14.6 Å². The van der Waals surface area contributed by atoms with Crippen LogP contribution in [-0.4, -0.2) is 29.9 Å². The minimum absolute atomic E-state index is 0.0557. The second-order valence-electron chi connectivity index (χ2n) is 3.46. The van der Waals surface area contributed by atoms with E-state index in [0.717, 1.165) is 19.4 Å². The maximum absolute atomic E-state index is 9.04. The first-order chi connectivity index (χ1) is 7.88. The number of unbranched alkanes of at least 4 members (excludes halogenated alkanes) is 1. The van der Waals surface area contributed by atoms with Crippen molar-refractivity contribution in [2.75, 3.05) is 19.8 Å². The molecule has 0 bridgehead atoms. The molecule has 1 heterocycles. The van der Waals surface area contributed by atoms with Gasteiger partial charge in [-0.25, -0.2) is 0 Å². The molecule has 0 spiro atoms. The summed E-state index contributed by atoms with van der Waals surface area (Å²) in [7, 11) is 0. The fraction of sp³-hybridized carbons (Fsp3) is 0.583. The van der Waals surface area contributed by atoms with Crippen LogP contribution in [0.2, 0.25) is 0 Å². The average molecular weight is 225 g/mol. The Balaban J connectivity index is 2.21. The summed E-state index contributed by atoms with van der Waals surface area (Å²) in [4.78, 5) is 3.91. The molecule has 1 aromatic heterocycles. The number of pyridine rings is 1. The van der Waals surface area contributed by atoms with Gasteiger partial charge >= 0.3 is 0 Å². The smallest absolute Gasteiger partial charge is 0.128 e. The van der Waals surface area contributed by atoms with Crippen LogP contribution in [0.25, 0.3) is 0 Å². The lowest BCUT2D eigenvalue weighted by Gasteiger charge is -2.09.